The lowest BCUT2D eigenvalue weighted by molar-refractivity contribution is -0.133. The maximum atomic E-state index is 12.3. The van der Waals surface area contributed by atoms with Crippen LogP contribution in [0.2, 0.25) is 0 Å². The SMILES string of the molecule is C.CC(=O)N[C@H]1CCN(Cc2ccc(C#Cc3ccc(C(=O)N[C@H](C(=O)NO)[C@@H](C)O)cc3)cc2)C1. The third-order valence-corrected chi connectivity index (χ3v) is 5.70. The van der Waals surface area contributed by atoms with Gasteiger partial charge in [-0.05, 0) is 55.3 Å². The average Bonchev–Trinajstić information content (AvgIpc) is 3.27. The molecule has 3 rings (SSSR count). The highest BCUT2D eigenvalue weighted by Crippen LogP contribution is 2.14. The molecule has 36 heavy (non-hydrogen) atoms. The topological polar surface area (TPSA) is 131 Å². The van der Waals surface area contributed by atoms with Gasteiger partial charge < -0.3 is 15.7 Å². The molecule has 0 radical (unpaired) electrons. The van der Waals surface area contributed by atoms with Crippen LogP contribution in [0.1, 0.15) is 54.7 Å². The second-order valence-electron chi connectivity index (χ2n) is 8.61. The highest BCUT2D eigenvalue weighted by molar-refractivity contribution is 5.97. The number of hydrogen-bond donors (Lipinski definition) is 5. The molecule has 9 nitrogen and oxygen atoms in total. The van der Waals surface area contributed by atoms with Crippen LogP contribution in [0.3, 0.4) is 0 Å². The number of carbonyl (C=O) groups excluding carboxylic acids is 3. The summed E-state index contributed by atoms with van der Waals surface area (Å²) < 4.78 is 0. The van der Waals surface area contributed by atoms with E-state index in [1.807, 2.05) is 24.3 Å². The Morgan fingerprint density at radius 1 is 1.06 bits per heavy atom. The first-order valence-electron chi connectivity index (χ1n) is 11.4. The summed E-state index contributed by atoms with van der Waals surface area (Å²) in [5.74, 6) is 4.71. The van der Waals surface area contributed by atoms with E-state index in [4.69, 9.17) is 5.21 Å². The van der Waals surface area contributed by atoms with Crippen LogP contribution in [0.5, 0.6) is 0 Å². The van der Waals surface area contributed by atoms with Crippen molar-refractivity contribution in [2.75, 3.05) is 13.1 Å². The second kappa shape index (κ2) is 13.4. The Bertz CT molecular complexity index is 1100. The Hall–Kier alpha value is -3.71. The summed E-state index contributed by atoms with van der Waals surface area (Å²) in [5.41, 5.74) is 4.48. The molecule has 1 saturated heterocycles. The van der Waals surface area contributed by atoms with Crippen molar-refractivity contribution < 1.29 is 24.7 Å². The molecule has 2 aromatic carbocycles. The van der Waals surface area contributed by atoms with Crippen molar-refractivity contribution in [3.05, 3.63) is 70.8 Å². The maximum Gasteiger partial charge on any atom is 0.268 e. The minimum atomic E-state index is -1.28. The molecule has 1 fully saturated rings. The smallest absolute Gasteiger partial charge is 0.268 e. The molecule has 1 heterocycles. The average molecular weight is 495 g/mol. The van der Waals surface area contributed by atoms with Gasteiger partial charge in [0.05, 0.1) is 6.10 Å². The van der Waals surface area contributed by atoms with Crippen LogP contribution >= 0.6 is 0 Å². The van der Waals surface area contributed by atoms with E-state index in [1.54, 1.807) is 31.2 Å². The van der Waals surface area contributed by atoms with Gasteiger partial charge in [-0.3, -0.25) is 24.5 Å². The van der Waals surface area contributed by atoms with Crippen LogP contribution in [-0.4, -0.2) is 64.2 Å². The number of carbonyl (C=O) groups is 3. The number of benzene rings is 2. The number of rotatable bonds is 7. The van der Waals surface area contributed by atoms with Gasteiger partial charge in [-0.1, -0.05) is 31.4 Å². The molecule has 9 heteroatoms. The molecule has 0 spiro atoms. The zero-order valence-electron chi connectivity index (χ0n) is 19.7. The summed E-state index contributed by atoms with van der Waals surface area (Å²) in [5, 5.41) is 23.7. The van der Waals surface area contributed by atoms with Crippen molar-refractivity contribution in [3.8, 4) is 11.8 Å². The fraction of sp³-hybridized carbons (Fsp3) is 0.370. The Morgan fingerprint density at radius 3 is 2.17 bits per heavy atom. The molecule has 192 valence electrons. The molecule has 0 saturated carbocycles. The molecule has 0 unspecified atom stereocenters. The quantitative estimate of drug-likeness (QED) is 0.225. The largest absolute Gasteiger partial charge is 0.391 e. The van der Waals surface area contributed by atoms with E-state index >= 15 is 0 Å². The van der Waals surface area contributed by atoms with E-state index in [9.17, 15) is 19.5 Å². The molecule has 0 bridgehead atoms. The van der Waals surface area contributed by atoms with Crippen LogP contribution in [0.4, 0.5) is 0 Å². The molecule has 0 aliphatic carbocycles. The normalized spacial score (nSPS) is 16.5. The van der Waals surface area contributed by atoms with Gasteiger partial charge in [0, 0.05) is 49.3 Å². The fourth-order valence-corrected chi connectivity index (χ4v) is 3.88. The van der Waals surface area contributed by atoms with Crippen molar-refractivity contribution in [1.29, 1.82) is 0 Å². The van der Waals surface area contributed by atoms with Crippen molar-refractivity contribution in [1.82, 2.24) is 21.0 Å². The zero-order valence-corrected chi connectivity index (χ0v) is 19.7. The minimum Gasteiger partial charge on any atom is -0.391 e. The maximum absolute atomic E-state index is 12.3. The van der Waals surface area contributed by atoms with E-state index < -0.39 is 24.0 Å². The van der Waals surface area contributed by atoms with Gasteiger partial charge >= 0.3 is 0 Å². The molecular formula is C27H34N4O5. The Kier molecular flexibility index (Phi) is 10.6. The summed E-state index contributed by atoms with van der Waals surface area (Å²) in [4.78, 5) is 37.5. The summed E-state index contributed by atoms with van der Waals surface area (Å²) in [6.45, 7) is 5.51. The van der Waals surface area contributed by atoms with Crippen molar-refractivity contribution in [2.24, 2.45) is 0 Å². The number of aliphatic hydroxyl groups excluding tert-OH is 1. The first kappa shape index (κ1) is 28.5. The monoisotopic (exact) mass is 494 g/mol. The molecule has 3 atom stereocenters. The third kappa shape index (κ3) is 8.20. The number of aliphatic hydroxyl groups is 1. The van der Waals surface area contributed by atoms with Crippen LogP contribution in [0.25, 0.3) is 0 Å². The third-order valence-electron chi connectivity index (χ3n) is 5.70. The molecule has 2 aromatic rings. The lowest BCUT2D eigenvalue weighted by Gasteiger charge is -2.19. The molecule has 3 amide bonds. The van der Waals surface area contributed by atoms with Crippen LogP contribution in [0.15, 0.2) is 48.5 Å². The number of amides is 3. The molecule has 0 aromatic heterocycles. The van der Waals surface area contributed by atoms with Gasteiger partial charge in [0.2, 0.25) is 5.91 Å². The summed E-state index contributed by atoms with van der Waals surface area (Å²) >= 11 is 0. The molecular weight excluding hydrogens is 460 g/mol. The minimum absolute atomic E-state index is 0. The van der Waals surface area contributed by atoms with Crippen molar-refractivity contribution >= 4 is 17.7 Å². The van der Waals surface area contributed by atoms with Gasteiger partial charge in [0.15, 0.2) is 0 Å². The van der Waals surface area contributed by atoms with Gasteiger partial charge in [-0.25, -0.2) is 5.48 Å². The van der Waals surface area contributed by atoms with Crippen LogP contribution < -0.4 is 16.1 Å². The number of hydrogen-bond acceptors (Lipinski definition) is 6. The number of nitrogens with one attached hydrogen (secondary N) is 3. The van der Waals surface area contributed by atoms with Gasteiger partial charge in [-0.15, -0.1) is 0 Å². The van der Waals surface area contributed by atoms with Gasteiger partial charge in [-0.2, -0.15) is 0 Å². The van der Waals surface area contributed by atoms with E-state index in [-0.39, 0.29) is 19.4 Å². The van der Waals surface area contributed by atoms with Crippen LogP contribution in [-0.2, 0) is 16.1 Å². The summed E-state index contributed by atoms with van der Waals surface area (Å²) in [6.07, 6.45) is -0.221. The standard InChI is InChI=1S/C26H30N4O5.CH4/c1-17(31)24(26(34)29-35)28-25(33)22-11-9-20(10-12-22)4-3-19-5-7-21(8-6-19)15-30-14-13-23(16-30)27-18(2)32;/h5-12,17,23-24,31,35H,13-16H2,1-2H3,(H,27,32)(H,28,33)(H,29,34);1H4/t17-,23+,24+;/m1./s1. The molecule has 1 aliphatic heterocycles. The van der Waals surface area contributed by atoms with E-state index in [2.05, 4.69) is 27.4 Å². The van der Waals surface area contributed by atoms with E-state index in [0.29, 0.717) is 11.1 Å². The fourth-order valence-electron chi connectivity index (χ4n) is 3.88. The summed E-state index contributed by atoms with van der Waals surface area (Å²) in [6, 6.07) is 13.5. The number of likely N-dealkylation sites (tertiary alicyclic amines) is 1. The lowest BCUT2D eigenvalue weighted by Crippen LogP contribution is -2.51. The number of nitrogens with zero attached hydrogens (tertiary/aromatic N) is 1. The molecule has 5 N–H and O–H groups in total. The highest BCUT2D eigenvalue weighted by atomic mass is 16.5. The number of hydroxylamine groups is 1. The highest BCUT2D eigenvalue weighted by Gasteiger charge is 2.26. The molecule has 1 aliphatic rings. The Labute approximate surface area is 211 Å². The van der Waals surface area contributed by atoms with E-state index in [0.717, 1.165) is 31.6 Å². The Balaban J connectivity index is 0.00000456. The van der Waals surface area contributed by atoms with Crippen LogP contribution in [0, 0.1) is 11.8 Å². The van der Waals surface area contributed by atoms with Gasteiger partial charge in [0.25, 0.3) is 11.8 Å². The predicted molar refractivity (Wildman–Crippen MR) is 136 cm³/mol. The first-order valence-corrected chi connectivity index (χ1v) is 11.4. The lowest BCUT2D eigenvalue weighted by atomic mass is 10.1. The predicted octanol–water partition coefficient (Wildman–Crippen LogP) is 1.42. The first-order chi connectivity index (χ1) is 16.7. The summed E-state index contributed by atoms with van der Waals surface area (Å²) in [7, 11) is 0. The van der Waals surface area contributed by atoms with Gasteiger partial charge in [0.1, 0.15) is 6.04 Å². The van der Waals surface area contributed by atoms with Crippen molar-refractivity contribution in [3.63, 3.8) is 0 Å². The second-order valence-corrected chi connectivity index (χ2v) is 8.61. The van der Waals surface area contributed by atoms with E-state index in [1.165, 1.54) is 18.0 Å². The zero-order chi connectivity index (χ0) is 25.4. The Morgan fingerprint density at radius 2 is 1.64 bits per heavy atom. The van der Waals surface area contributed by atoms with Crippen molar-refractivity contribution in [2.45, 2.75) is 52.4 Å².